The van der Waals surface area contributed by atoms with Crippen molar-refractivity contribution in [2.24, 2.45) is 0 Å². The number of benzene rings is 2. The van der Waals surface area contributed by atoms with Crippen LogP contribution in [0.15, 0.2) is 47.6 Å². The smallest absolute Gasteiger partial charge is 0.214 e. The summed E-state index contributed by atoms with van der Waals surface area (Å²) in [6, 6.07) is 13.7. The van der Waals surface area contributed by atoms with E-state index in [-0.39, 0.29) is 11.0 Å². The van der Waals surface area contributed by atoms with E-state index in [1.807, 2.05) is 57.2 Å². The number of aromatic nitrogens is 4. The molecule has 1 heterocycles. The summed E-state index contributed by atoms with van der Waals surface area (Å²) >= 11 is 1.37. The van der Waals surface area contributed by atoms with Crippen molar-refractivity contribution in [3.05, 3.63) is 64.7 Å². The largest absolute Gasteiger partial charge is 0.293 e. The molecule has 3 rings (SSSR count). The number of ketones is 1. The fourth-order valence-electron chi connectivity index (χ4n) is 2.64. The van der Waals surface area contributed by atoms with Crippen molar-refractivity contribution in [1.29, 1.82) is 0 Å². The predicted octanol–water partition coefficient (Wildman–Crippen LogP) is 3.95. The summed E-state index contributed by atoms with van der Waals surface area (Å²) in [7, 11) is 0. The van der Waals surface area contributed by atoms with Gasteiger partial charge in [-0.2, -0.15) is 4.68 Å². The van der Waals surface area contributed by atoms with Gasteiger partial charge in [0.15, 0.2) is 5.78 Å². The highest BCUT2D eigenvalue weighted by atomic mass is 32.2. The number of rotatable bonds is 5. The van der Waals surface area contributed by atoms with E-state index in [0.29, 0.717) is 5.16 Å². The number of nitrogens with zero attached hydrogens (tertiary/aromatic N) is 4. The van der Waals surface area contributed by atoms with Gasteiger partial charge >= 0.3 is 0 Å². The first kappa shape index (κ1) is 17.4. The van der Waals surface area contributed by atoms with E-state index >= 15 is 0 Å². The predicted molar refractivity (Wildman–Crippen MR) is 99.5 cm³/mol. The molecule has 0 amide bonds. The molecule has 0 aliphatic heterocycles. The SMILES string of the molecule is Cc1cc(C)c(C(=O)[C@H](C)Sc2nnnn2-c2ccccc2)cc1C. The number of hydrogen-bond acceptors (Lipinski definition) is 5. The molecule has 25 heavy (non-hydrogen) atoms. The molecule has 1 atom stereocenters. The highest BCUT2D eigenvalue weighted by Gasteiger charge is 2.22. The van der Waals surface area contributed by atoms with Crippen molar-refractivity contribution in [3.8, 4) is 5.69 Å². The topological polar surface area (TPSA) is 60.7 Å². The Balaban J connectivity index is 1.84. The average Bonchev–Trinajstić information content (AvgIpc) is 3.06. The van der Waals surface area contributed by atoms with Gasteiger partial charge in [0.05, 0.1) is 10.9 Å². The second-order valence-corrected chi connectivity index (χ2v) is 7.39. The van der Waals surface area contributed by atoms with Gasteiger partial charge in [-0.15, -0.1) is 5.10 Å². The minimum Gasteiger partial charge on any atom is -0.293 e. The lowest BCUT2D eigenvalue weighted by Crippen LogP contribution is -2.16. The van der Waals surface area contributed by atoms with E-state index in [0.717, 1.165) is 22.4 Å². The molecular formula is C19H20N4OS. The summed E-state index contributed by atoms with van der Waals surface area (Å²) in [5.41, 5.74) is 4.96. The zero-order chi connectivity index (χ0) is 18.0. The van der Waals surface area contributed by atoms with Crippen molar-refractivity contribution in [1.82, 2.24) is 20.2 Å². The van der Waals surface area contributed by atoms with Gasteiger partial charge in [-0.05, 0) is 73.0 Å². The number of tetrazole rings is 1. The Labute approximate surface area is 151 Å². The third kappa shape index (κ3) is 3.64. The summed E-state index contributed by atoms with van der Waals surface area (Å²) in [5, 5.41) is 12.2. The Morgan fingerprint density at radius 1 is 1.04 bits per heavy atom. The second kappa shape index (κ2) is 7.19. The fraction of sp³-hybridized carbons (Fsp3) is 0.263. The Morgan fingerprint density at radius 3 is 2.44 bits per heavy atom. The number of thioether (sulfide) groups is 1. The van der Waals surface area contributed by atoms with Crippen LogP contribution in [-0.2, 0) is 0 Å². The quantitative estimate of drug-likeness (QED) is 0.514. The molecule has 0 spiro atoms. The van der Waals surface area contributed by atoms with E-state index < -0.39 is 0 Å². The molecule has 6 heteroatoms. The lowest BCUT2D eigenvalue weighted by molar-refractivity contribution is 0.0993. The molecule has 1 aromatic heterocycles. The average molecular weight is 352 g/mol. The Kier molecular flexibility index (Phi) is 4.99. The standard InChI is InChI=1S/C19H20N4OS/c1-12-10-14(3)17(11-13(12)2)18(24)15(4)25-19-20-21-22-23(19)16-8-6-5-7-9-16/h5-11,15H,1-4H3/t15-/m0/s1. The third-order valence-electron chi connectivity index (χ3n) is 4.20. The van der Waals surface area contributed by atoms with E-state index in [4.69, 9.17) is 0 Å². The number of para-hydroxylation sites is 1. The fourth-order valence-corrected chi connectivity index (χ4v) is 3.52. The van der Waals surface area contributed by atoms with Gasteiger partial charge in [0, 0.05) is 5.56 Å². The van der Waals surface area contributed by atoms with E-state index in [1.165, 1.54) is 17.3 Å². The maximum Gasteiger partial charge on any atom is 0.214 e. The summed E-state index contributed by atoms with van der Waals surface area (Å²) < 4.78 is 1.65. The number of carbonyl (C=O) groups excluding carboxylic acids is 1. The molecule has 0 saturated carbocycles. The normalized spacial score (nSPS) is 12.2. The first-order valence-electron chi connectivity index (χ1n) is 8.10. The Morgan fingerprint density at radius 2 is 1.72 bits per heavy atom. The van der Waals surface area contributed by atoms with Crippen LogP contribution in [0.1, 0.15) is 34.0 Å². The monoisotopic (exact) mass is 352 g/mol. The van der Waals surface area contributed by atoms with Crippen LogP contribution >= 0.6 is 11.8 Å². The highest BCUT2D eigenvalue weighted by Crippen LogP contribution is 2.27. The number of carbonyl (C=O) groups is 1. The Hall–Kier alpha value is -2.47. The summed E-state index contributed by atoms with van der Waals surface area (Å²) in [6.07, 6.45) is 0. The molecule has 0 unspecified atom stereocenters. The molecule has 128 valence electrons. The molecule has 0 saturated heterocycles. The van der Waals surface area contributed by atoms with Crippen molar-refractivity contribution >= 4 is 17.5 Å². The first-order valence-corrected chi connectivity index (χ1v) is 8.98. The van der Waals surface area contributed by atoms with Gasteiger partial charge in [-0.1, -0.05) is 36.0 Å². The van der Waals surface area contributed by atoms with E-state index in [1.54, 1.807) is 4.68 Å². The van der Waals surface area contributed by atoms with Crippen molar-refractivity contribution in [2.75, 3.05) is 0 Å². The second-order valence-electron chi connectivity index (χ2n) is 6.08. The minimum atomic E-state index is -0.283. The van der Waals surface area contributed by atoms with Crippen molar-refractivity contribution < 1.29 is 4.79 Å². The van der Waals surface area contributed by atoms with Gasteiger partial charge < -0.3 is 0 Å². The number of Topliss-reactive ketones (excluding diaryl/α,β-unsaturated/α-hetero) is 1. The maximum atomic E-state index is 12.9. The molecule has 5 nitrogen and oxygen atoms in total. The lowest BCUT2D eigenvalue weighted by atomic mass is 9.97. The van der Waals surface area contributed by atoms with Crippen molar-refractivity contribution in [2.45, 2.75) is 38.1 Å². The van der Waals surface area contributed by atoms with Gasteiger partial charge in [-0.25, -0.2) is 0 Å². The van der Waals surface area contributed by atoms with Crippen LogP contribution in [-0.4, -0.2) is 31.2 Å². The van der Waals surface area contributed by atoms with Crippen molar-refractivity contribution in [3.63, 3.8) is 0 Å². The number of aryl methyl sites for hydroxylation is 3. The van der Waals surface area contributed by atoms with Crippen LogP contribution in [0.3, 0.4) is 0 Å². The van der Waals surface area contributed by atoms with Crippen LogP contribution < -0.4 is 0 Å². The maximum absolute atomic E-state index is 12.9. The highest BCUT2D eigenvalue weighted by molar-refractivity contribution is 8.00. The van der Waals surface area contributed by atoms with Crippen LogP contribution in [0, 0.1) is 20.8 Å². The zero-order valence-electron chi connectivity index (χ0n) is 14.7. The molecular weight excluding hydrogens is 332 g/mol. The molecule has 0 aliphatic rings. The summed E-state index contributed by atoms with van der Waals surface area (Å²) in [6.45, 7) is 7.96. The third-order valence-corrected chi connectivity index (χ3v) is 5.23. The molecule has 0 fully saturated rings. The van der Waals surface area contributed by atoms with Gasteiger partial charge in [0.1, 0.15) is 0 Å². The summed E-state index contributed by atoms with van der Waals surface area (Å²) in [4.78, 5) is 12.9. The van der Waals surface area contributed by atoms with Gasteiger partial charge in [-0.3, -0.25) is 4.79 Å². The van der Waals surface area contributed by atoms with Crippen LogP contribution in [0.25, 0.3) is 5.69 Å². The number of hydrogen-bond donors (Lipinski definition) is 0. The van der Waals surface area contributed by atoms with Crippen LogP contribution in [0.4, 0.5) is 0 Å². The first-order chi connectivity index (χ1) is 12.0. The lowest BCUT2D eigenvalue weighted by Gasteiger charge is -2.13. The van der Waals surface area contributed by atoms with Gasteiger partial charge in [0.2, 0.25) is 5.16 Å². The van der Waals surface area contributed by atoms with Crippen LogP contribution in [0.5, 0.6) is 0 Å². The minimum absolute atomic E-state index is 0.0909. The molecule has 0 aliphatic carbocycles. The summed E-state index contributed by atoms with van der Waals surface area (Å²) in [5.74, 6) is 0.0909. The van der Waals surface area contributed by atoms with Gasteiger partial charge in [0.25, 0.3) is 0 Å². The molecule has 3 aromatic rings. The van der Waals surface area contributed by atoms with E-state index in [9.17, 15) is 4.79 Å². The molecule has 2 aromatic carbocycles. The molecule has 0 radical (unpaired) electrons. The molecule has 0 bridgehead atoms. The Bertz CT molecular complexity index is 905. The van der Waals surface area contributed by atoms with E-state index in [2.05, 4.69) is 28.5 Å². The van der Waals surface area contributed by atoms with Crippen LogP contribution in [0.2, 0.25) is 0 Å². The molecule has 0 N–H and O–H groups in total. The zero-order valence-corrected chi connectivity index (χ0v) is 15.5.